The van der Waals surface area contributed by atoms with Crippen molar-refractivity contribution in [2.45, 2.75) is 13.0 Å². The van der Waals surface area contributed by atoms with Crippen LogP contribution in [0, 0.1) is 0 Å². The van der Waals surface area contributed by atoms with Crippen LogP contribution in [0.2, 0.25) is 0 Å². The number of nitrogens with two attached hydrogens (primary N) is 2. The van der Waals surface area contributed by atoms with Gasteiger partial charge in [-0.15, -0.1) is 0 Å². The van der Waals surface area contributed by atoms with Crippen molar-refractivity contribution in [3.05, 3.63) is 59.7 Å². The Labute approximate surface area is 112 Å². The third-order valence-corrected chi connectivity index (χ3v) is 2.88. The first kappa shape index (κ1) is 13.0. The Morgan fingerprint density at radius 1 is 1.00 bits per heavy atom. The Morgan fingerprint density at radius 3 is 2.37 bits per heavy atom. The summed E-state index contributed by atoms with van der Waals surface area (Å²) < 4.78 is 0. The molecule has 2 rings (SSSR count). The number of carbonyl (C=O) groups is 1. The molecule has 0 radical (unpaired) electrons. The number of benzene rings is 2. The lowest BCUT2D eigenvalue weighted by Gasteiger charge is -2.08. The second-order valence-electron chi connectivity index (χ2n) is 4.39. The van der Waals surface area contributed by atoms with E-state index < -0.39 is 0 Å². The van der Waals surface area contributed by atoms with Gasteiger partial charge in [0.1, 0.15) is 0 Å². The van der Waals surface area contributed by atoms with Gasteiger partial charge in [0.2, 0.25) is 5.91 Å². The summed E-state index contributed by atoms with van der Waals surface area (Å²) in [7, 11) is 0. The van der Waals surface area contributed by atoms with E-state index in [2.05, 4.69) is 5.32 Å². The molecule has 0 fully saturated rings. The van der Waals surface area contributed by atoms with Crippen LogP contribution < -0.4 is 16.8 Å². The third kappa shape index (κ3) is 3.74. The minimum absolute atomic E-state index is 0.0342. The molecule has 0 aliphatic heterocycles. The van der Waals surface area contributed by atoms with Gasteiger partial charge in [-0.3, -0.25) is 4.79 Å². The number of rotatable bonds is 4. The number of nitrogen functional groups attached to an aromatic ring is 2. The first-order chi connectivity index (χ1) is 9.15. The first-order valence-electron chi connectivity index (χ1n) is 6.09. The molecule has 5 N–H and O–H groups in total. The molecule has 0 bridgehead atoms. The largest absolute Gasteiger partial charge is 0.399 e. The van der Waals surface area contributed by atoms with E-state index in [1.54, 1.807) is 12.1 Å². The maximum absolute atomic E-state index is 11.8. The molecule has 2 aromatic rings. The zero-order chi connectivity index (χ0) is 13.7. The number of amides is 1. The Morgan fingerprint density at radius 2 is 1.68 bits per heavy atom. The number of hydrogen-bond acceptors (Lipinski definition) is 3. The minimum Gasteiger partial charge on any atom is -0.399 e. The quantitative estimate of drug-likeness (QED) is 0.727. The second kappa shape index (κ2) is 5.91. The zero-order valence-electron chi connectivity index (χ0n) is 10.6. The van der Waals surface area contributed by atoms with Gasteiger partial charge in [0.25, 0.3) is 0 Å². The highest BCUT2D eigenvalue weighted by Crippen LogP contribution is 2.10. The van der Waals surface area contributed by atoms with E-state index >= 15 is 0 Å². The summed E-state index contributed by atoms with van der Waals surface area (Å²) in [6, 6.07) is 14.8. The molecule has 0 saturated heterocycles. The fourth-order valence-electron chi connectivity index (χ4n) is 1.77. The summed E-state index contributed by atoms with van der Waals surface area (Å²) in [5, 5.41) is 2.85. The molecule has 2 aromatic carbocycles. The zero-order valence-corrected chi connectivity index (χ0v) is 10.6. The Hall–Kier alpha value is -2.49. The van der Waals surface area contributed by atoms with E-state index in [0.717, 1.165) is 11.1 Å². The van der Waals surface area contributed by atoms with E-state index in [0.29, 0.717) is 24.3 Å². The minimum atomic E-state index is -0.0342. The molecular formula is C15H17N3O. The summed E-state index contributed by atoms with van der Waals surface area (Å²) in [5.41, 5.74) is 14.7. The molecule has 0 heterocycles. The summed E-state index contributed by atoms with van der Waals surface area (Å²) in [6.07, 6.45) is 0.340. The summed E-state index contributed by atoms with van der Waals surface area (Å²) in [4.78, 5) is 11.8. The summed E-state index contributed by atoms with van der Waals surface area (Å²) in [5.74, 6) is -0.0342. The maximum Gasteiger partial charge on any atom is 0.224 e. The number of anilines is 2. The van der Waals surface area contributed by atoms with Gasteiger partial charge in [-0.1, -0.05) is 30.3 Å². The van der Waals surface area contributed by atoms with Crippen molar-refractivity contribution in [1.29, 1.82) is 0 Å². The molecule has 0 saturated carbocycles. The highest BCUT2D eigenvalue weighted by molar-refractivity contribution is 5.78. The second-order valence-corrected chi connectivity index (χ2v) is 4.39. The van der Waals surface area contributed by atoms with E-state index in [1.807, 2.05) is 36.4 Å². The highest BCUT2D eigenvalue weighted by Gasteiger charge is 2.04. The lowest BCUT2D eigenvalue weighted by Crippen LogP contribution is -2.24. The van der Waals surface area contributed by atoms with Crippen LogP contribution in [0.15, 0.2) is 48.5 Å². The monoisotopic (exact) mass is 255 g/mol. The molecule has 19 heavy (non-hydrogen) atoms. The summed E-state index contributed by atoms with van der Waals surface area (Å²) in [6.45, 7) is 0.445. The van der Waals surface area contributed by atoms with Gasteiger partial charge < -0.3 is 16.8 Å². The van der Waals surface area contributed by atoms with Crippen molar-refractivity contribution >= 4 is 17.3 Å². The van der Waals surface area contributed by atoms with Crippen molar-refractivity contribution < 1.29 is 4.79 Å². The lowest BCUT2D eigenvalue weighted by atomic mass is 10.1. The van der Waals surface area contributed by atoms with Crippen LogP contribution in [0.25, 0.3) is 0 Å². The molecule has 0 atom stereocenters. The van der Waals surface area contributed by atoms with Crippen LogP contribution in [-0.2, 0) is 17.8 Å². The van der Waals surface area contributed by atoms with Gasteiger partial charge in [-0.25, -0.2) is 0 Å². The predicted molar refractivity (Wildman–Crippen MR) is 77.3 cm³/mol. The first-order valence-corrected chi connectivity index (χ1v) is 6.09. The maximum atomic E-state index is 11.8. The average Bonchev–Trinajstić information content (AvgIpc) is 2.40. The van der Waals surface area contributed by atoms with Crippen molar-refractivity contribution in [3.8, 4) is 0 Å². The highest BCUT2D eigenvalue weighted by atomic mass is 16.1. The van der Waals surface area contributed by atoms with Gasteiger partial charge in [-0.2, -0.15) is 0 Å². The van der Waals surface area contributed by atoms with Gasteiger partial charge >= 0.3 is 0 Å². The van der Waals surface area contributed by atoms with E-state index in [4.69, 9.17) is 11.5 Å². The van der Waals surface area contributed by atoms with Crippen molar-refractivity contribution in [3.63, 3.8) is 0 Å². The Balaban J connectivity index is 1.88. The molecule has 0 aliphatic rings. The fraction of sp³-hybridized carbons (Fsp3) is 0.133. The lowest BCUT2D eigenvalue weighted by molar-refractivity contribution is -0.120. The molecule has 4 heteroatoms. The van der Waals surface area contributed by atoms with Gasteiger partial charge in [-0.05, 0) is 29.3 Å². The van der Waals surface area contributed by atoms with Crippen molar-refractivity contribution in [2.75, 3.05) is 11.5 Å². The van der Waals surface area contributed by atoms with Gasteiger partial charge in [0, 0.05) is 17.9 Å². The molecule has 0 aromatic heterocycles. The van der Waals surface area contributed by atoms with Crippen LogP contribution in [-0.4, -0.2) is 5.91 Å². The fourth-order valence-corrected chi connectivity index (χ4v) is 1.77. The van der Waals surface area contributed by atoms with E-state index in [-0.39, 0.29) is 5.91 Å². The van der Waals surface area contributed by atoms with E-state index in [1.165, 1.54) is 0 Å². The van der Waals surface area contributed by atoms with Crippen LogP contribution in [0.3, 0.4) is 0 Å². The molecule has 0 unspecified atom stereocenters. The Bertz CT molecular complexity index is 564. The van der Waals surface area contributed by atoms with Gasteiger partial charge in [0.05, 0.1) is 6.42 Å². The van der Waals surface area contributed by atoms with Crippen LogP contribution in [0.5, 0.6) is 0 Å². The van der Waals surface area contributed by atoms with Crippen LogP contribution in [0.1, 0.15) is 11.1 Å². The van der Waals surface area contributed by atoms with Crippen molar-refractivity contribution in [2.24, 2.45) is 0 Å². The molecule has 1 amide bonds. The van der Waals surface area contributed by atoms with E-state index in [9.17, 15) is 4.79 Å². The molecule has 0 aliphatic carbocycles. The standard InChI is InChI=1S/C15H17N3O/c16-13-7-5-11(6-8-13)9-15(19)18-10-12-3-1-2-4-14(12)17/h1-8H,9-10,16-17H2,(H,18,19). The Kier molecular flexibility index (Phi) is 4.03. The molecule has 4 nitrogen and oxygen atoms in total. The SMILES string of the molecule is Nc1ccc(CC(=O)NCc2ccccc2N)cc1. The normalized spacial score (nSPS) is 10.1. The predicted octanol–water partition coefficient (Wildman–Crippen LogP) is 1.71. The number of carbonyl (C=O) groups excluding carboxylic acids is 1. The number of para-hydroxylation sites is 1. The third-order valence-electron chi connectivity index (χ3n) is 2.88. The number of hydrogen-bond donors (Lipinski definition) is 3. The van der Waals surface area contributed by atoms with Gasteiger partial charge in [0.15, 0.2) is 0 Å². The molecular weight excluding hydrogens is 238 g/mol. The van der Waals surface area contributed by atoms with Crippen LogP contribution >= 0.6 is 0 Å². The molecule has 98 valence electrons. The summed E-state index contributed by atoms with van der Waals surface area (Å²) >= 11 is 0. The molecule has 0 spiro atoms. The van der Waals surface area contributed by atoms with Crippen LogP contribution in [0.4, 0.5) is 11.4 Å². The topological polar surface area (TPSA) is 81.1 Å². The number of nitrogens with one attached hydrogen (secondary N) is 1. The van der Waals surface area contributed by atoms with Crippen molar-refractivity contribution in [1.82, 2.24) is 5.32 Å². The average molecular weight is 255 g/mol. The smallest absolute Gasteiger partial charge is 0.224 e.